The predicted molar refractivity (Wildman–Crippen MR) is 99.4 cm³/mol. The highest BCUT2D eigenvalue weighted by Gasteiger charge is 2.26. The van der Waals surface area contributed by atoms with E-state index in [1.54, 1.807) is 0 Å². The average Bonchev–Trinajstić information content (AvgIpc) is 3.15. The van der Waals surface area contributed by atoms with Crippen LogP contribution in [-0.4, -0.2) is 52.8 Å². The van der Waals surface area contributed by atoms with Gasteiger partial charge in [0, 0.05) is 0 Å². The molecule has 3 N–H and O–H groups in total. The lowest BCUT2D eigenvalue weighted by Gasteiger charge is -2.28. The highest BCUT2D eigenvalue weighted by atomic mass is 16.5. The SMILES string of the molecule is CNCCCOc1ccc([C@H]2CC[C@H](Oc3nn[nH]c3C(=O)O)CC2)cc1. The Kier molecular flexibility index (Phi) is 6.64. The first-order chi connectivity index (χ1) is 13.2. The molecule has 0 atom stereocenters. The Morgan fingerprint density at radius 1 is 1.26 bits per heavy atom. The molecule has 8 nitrogen and oxygen atoms in total. The molecule has 8 heteroatoms. The van der Waals surface area contributed by atoms with Gasteiger partial charge in [-0.15, -0.1) is 0 Å². The number of aromatic carboxylic acids is 1. The van der Waals surface area contributed by atoms with Crippen molar-refractivity contribution < 1.29 is 19.4 Å². The lowest BCUT2D eigenvalue weighted by Crippen LogP contribution is -2.24. The third kappa shape index (κ3) is 5.19. The second-order valence-electron chi connectivity index (χ2n) is 6.76. The molecule has 27 heavy (non-hydrogen) atoms. The number of carbonyl (C=O) groups is 1. The van der Waals surface area contributed by atoms with E-state index in [0.717, 1.165) is 44.4 Å². The van der Waals surface area contributed by atoms with Crippen LogP contribution in [0.15, 0.2) is 24.3 Å². The van der Waals surface area contributed by atoms with Crippen molar-refractivity contribution in [2.45, 2.75) is 44.1 Å². The van der Waals surface area contributed by atoms with Crippen LogP contribution in [0.5, 0.6) is 11.6 Å². The Morgan fingerprint density at radius 3 is 2.67 bits per heavy atom. The molecule has 0 radical (unpaired) electrons. The van der Waals surface area contributed by atoms with Gasteiger partial charge in [-0.3, -0.25) is 0 Å². The fraction of sp³-hybridized carbons (Fsp3) is 0.526. The molecule has 1 aromatic heterocycles. The molecule has 1 aliphatic carbocycles. The molecule has 0 unspecified atom stereocenters. The number of hydrogen-bond acceptors (Lipinski definition) is 6. The topological polar surface area (TPSA) is 109 Å². The van der Waals surface area contributed by atoms with Crippen LogP contribution in [0.25, 0.3) is 0 Å². The molecule has 0 amide bonds. The number of ether oxygens (including phenoxy) is 2. The molecule has 0 aliphatic heterocycles. The monoisotopic (exact) mass is 374 g/mol. The zero-order valence-electron chi connectivity index (χ0n) is 15.5. The van der Waals surface area contributed by atoms with Crippen LogP contribution < -0.4 is 14.8 Å². The van der Waals surface area contributed by atoms with Gasteiger partial charge in [0.15, 0.2) is 0 Å². The van der Waals surface area contributed by atoms with Gasteiger partial charge in [-0.2, -0.15) is 0 Å². The van der Waals surface area contributed by atoms with E-state index < -0.39 is 5.97 Å². The van der Waals surface area contributed by atoms with Gasteiger partial charge in [0.1, 0.15) is 11.9 Å². The van der Waals surface area contributed by atoms with Gasteiger partial charge in [0.25, 0.3) is 5.88 Å². The number of rotatable bonds is 9. The number of carboxylic acid groups (broad SMARTS) is 1. The van der Waals surface area contributed by atoms with Crippen molar-refractivity contribution in [3.05, 3.63) is 35.5 Å². The molecular weight excluding hydrogens is 348 g/mol. The van der Waals surface area contributed by atoms with Crippen molar-refractivity contribution >= 4 is 5.97 Å². The number of carboxylic acids is 1. The largest absolute Gasteiger partial charge is 0.494 e. The second-order valence-corrected chi connectivity index (χ2v) is 6.76. The zero-order chi connectivity index (χ0) is 19.1. The number of aromatic nitrogens is 3. The summed E-state index contributed by atoms with van der Waals surface area (Å²) < 4.78 is 11.5. The summed E-state index contributed by atoms with van der Waals surface area (Å²) >= 11 is 0. The number of nitrogens with one attached hydrogen (secondary N) is 2. The van der Waals surface area contributed by atoms with Gasteiger partial charge in [-0.05, 0) is 69.3 Å². The average molecular weight is 374 g/mol. The normalized spacial score (nSPS) is 19.6. The fourth-order valence-corrected chi connectivity index (χ4v) is 3.39. The van der Waals surface area contributed by atoms with E-state index in [9.17, 15) is 4.79 Å². The van der Waals surface area contributed by atoms with E-state index in [2.05, 4.69) is 32.9 Å². The van der Waals surface area contributed by atoms with Crippen LogP contribution in [0.1, 0.15) is 54.1 Å². The first kappa shape index (κ1) is 19.2. The standard InChI is InChI=1S/C19H26N4O4/c1-20-11-2-12-26-15-7-3-13(4-8-15)14-5-9-16(10-6-14)27-18-17(19(24)25)21-23-22-18/h3-4,7-8,14,16,20H,2,5-6,9-12H2,1H3,(H,24,25)(H,21,22,23)/t14-,16-. The van der Waals surface area contributed by atoms with Gasteiger partial charge in [0.2, 0.25) is 5.69 Å². The summed E-state index contributed by atoms with van der Waals surface area (Å²) in [7, 11) is 1.94. The molecule has 3 rings (SSSR count). The third-order valence-electron chi connectivity index (χ3n) is 4.87. The first-order valence-electron chi connectivity index (χ1n) is 9.35. The quantitative estimate of drug-likeness (QED) is 0.579. The zero-order valence-corrected chi connectivity index (χ0v) is 15.5. The van der Waals surface area contributed by atoms with Gasteiger partial charge in [0.05, 0.1) is 6.61 Å². The lowest BCUT2D eigenvalue weighted by atomic mass is 9.83. The Hall–Kier alpha value is -2.61. The number of nitrogens with zero attached hydrogens (tertiary/aromatic N) is 2. The van der Waals surface area contributed by atoms with Gasteiger partial charge < -0.3 is 19.9 Å². The first-order valence-corrected chi connectivity index (χ1v) is 9.35. The van der Waals surface area contributed by atoms with Gasteiger partial charge in [-0.1, -0.05) is 22.4 Å². The maximum absolute atomic E-state index is 11.1. The molecular formula is C19H26N4O4. The predicted octanol–water partition coefficient (Wildman–Crippen LogP) is 2.60. The molecule has 0 bridgehead atoms. The molecule has 1 aromatic carbocycles. The van der Waals surface area contributed by atoms with E-state index in [4.69, 9.17) is 14.6 Å². The minimum Gasteiger partial charge on any atom is -0.494 e. The van der Waals surface area contributed by atoms with Crippen LogP contribution in [0.3, 0.4) is 0 Å². The van der Waals surface area contributed by atoms with E-state index in [-0.39, 0.29) is 17.7 Å². The van der Waals surface area contributed by atoms with Crippen LogP contribution in [0, 0.1) is 0 Å². The van der Waals surface area contributed by atoms with Crippen molar-refractivity contribution in [1.82, 2.24) is 20.7 Å². The number of aromatic amines is 1. The van der Waals surface area contributed by atoms with Crippen LogP contribution >= 0.6 is 0 Å². The highest BCUT2D eigenvalue weighted by Crippen LogP contribution is 2.35. The summed E-state index contributed by atoms with van der Waals surface area (Å²) in [6.07, 6.45) is 4.66. The van der Waals surface area contributed by atoms with E-state index >= 15 is 0 Å². The minimum absolute atomic E-state index is 0.0285. The molecule has 2 aromatic rings. The van der Waals surface area contributed by atoms with Crippen LogP contribution in [-0.2, 0) is 0 Å². The van der Waals surface area contributed by atoms with Crippen molar-refractivity contribution in [2.24, 2.45) is 0 Å². The summed E-state index contributed by atoms with van der Waals surface area (Å²) in [4.78, 5) is 11.1. The summed E-state index contributed by atoms with van der Waals surface area (Å²) in [5, 5.41) is 21.8. The van der Waals surface area contributed by atoms with E-state index in [0.29, 0.717) is 12.5 Å². The Balaban J connectivity index is 1.47. The van der Waals surface area contributed by atoms with Gasteiger partial charge >= 0.3 is 5.97 Å². The maximum atomic E-state index is 11.1. The molecule has 1 heterocycles. The molecule has 0 spiro atoms. The number of hydrogen-bond donors (Lipinski definition) is 3. The maximum Gasteiger partial charge on any atom is 0.359 e. The number of H-pyrrole nitrogens is 1. The van der Waals surface area contributed by atoms with E-state index in [1.165, 1.54) is 5.56 Å². The second kappa shape index (κ2) is 9.36. The Morgan fingerprint density at radius 2 is 2.00 bits per heavy atom. The van der Waals surface area contributed by atoms with Crippen molar-refractivity contribution in [3.8, 4) is 11.6 Å². The Labute approximate surface area is 158 Å². The van der Waals surface area contributed by atoms with Crippen molar-refractivity contribution in [3.63, 3.8) is 0 Å². The molecule has 0 saturated heterocycles. The molecule has 1 fully saturated rings. The summed E-state index contributed by atoms with van der Waals surface area (Å²) in [5.74, 6) is 0.348. The smallest absolute Gasteiger partial charge is 0.359 e. The summed E-state index contributed by atoms with van der Waals surface area (Å²) in [6.45, 7) is 1.66. The third-order valence-corrected chi connectivity index (χ3v) is 4.87. The lowest BCUT2D eigenvalue weighted by molar-refractivity contribution is 0.0678. The van der Waals surface area contributed by atoms with E-state index in [1.807, 2.05) is 19.2 Å². The summed E-state index contributed by atoms with van der Waals surface area (Å²) in [6, 6.07) is 8.34. The van der Waals surface area contributed by atoms with Crippen LogP contribution in [0.2, 0.25) is 0 Å². The van der Waals surface area contributed by atoms with Gasteiger partial charge in [-0.25, -0.2) is 9.89 Å². The van der Waals surface area contributed by atoms with Crippen molar-refractivity contribution in [2.75, 3.05) is 20.2 Å². The minimum atomic E-state index is -1.11. The fourth-order valence-electron chi connectivity index (χ4n) is 3.39. The van der Waals surface area contributed by atoms with Crippen LogP contribution in [0.4, 0.5) is 0 Å². The summed E-state index contributed by atoms with van der Waals surface area (Å²) in [5.41, 5.74) is 1.21. The Bertz CT molecular complexity index is 724. The van der Waals surface area contributed by atoms with Crippen molar-refractivity contribution in [1.29, 1.82) is 0 Å². The molecule has 1 aliphatic rings. The molecule has 1 saturated carbocycles. The number of benzene rings is 1. The molecule has 146 valence electrons. The highest BCUT2D eigenvalue weighted by molar-refractivity contribution is 5.87.